The molecule has 0 spiro atoms. The molecule has 4 rings (SSSR count). The average Bonchev–Trinajstić information content (AvgIpc) is 3.64. The number of hydrogen-bond donors (Lipinski definition) is 3. The third-order valence-electron chi connectivity index (χ3n) is 16.7. The first-order chi connectivity index (χ1) is 33.5. The van der Waals surface area contributed by atoms with Crippen LogP contribution in [-0.4, -0.2) is 138 Å². The van der Waals surface area contributed by atoms with Crippen molar-refractivity contribution in [2.45, 2.75) is 302 Å². The molecule has 71 heavy (non-hydrogen) atoms. The number of methoxy groups -OCH3 is 1. The first-order valence-electron chi connectivity index (χ1n) is 28.3. The van der Waals surface area contributed by atoms with Crippen LogP contribution in [0.25, 0.3) is 0 Å². The van der Waals surface area contributed by atoms with E-state index in [4.69, 9.17) is 37.9 Å². The summed E-state index contributed by atoms with van der Waals surface area (Å²) >= 11 is 0. The van der Waals surface area contributed by atoms with Crippen LogP contribution in [0.1, 0.15) is 217 Å². The van der Waals surface area contributed by atoms with Crippen LogP contribution in [0.4, 0.5) is 0 Å². The predicted molar refractivity (Wildman–Crippen MR) is 276 cm³/mol. The van der Waals surface area contributed by atoms with E-state index in [2.05, 4.69) is 11.8 Å². The summed E-state index contributed by atoms with van der Waals surface area (Å²) in [5.41, 5.74) is -3.11. The molecule has 17 atom stereocenters. The molecule has 0 aliphatic carbocycles. The van der Waals surface area contributed by atoms with Gasteiger partial charge in [0.05, 0.1) is 42.0 Å². The second-order valence-electron chi connectivity index (χ2n) is 23.2. The average molecular weight is 1010 g/mol. The minimum Gasteiger partial charge on any atom is -0.489 e. The summed E-state index contributed by atoms with van der Waals surface area (Å²) in [6.45, 7) is 20.5. The maximum Gasteiger partial charge on any atom is 0.311 e. The molecule has 3 fully saturated rings. The molecule has 4 aliphatic heterocycles. The lowest BCUT2D eigenvalue weighted by Crippen LogP contribution is -2.61. The van der Waals surface area contributed by atoms with Crippen LogP contribution in [0, 0.1) is 17.8 Å². The number of aliphatic hydroxyl groups is 3. The maximum absolute atomic E-state index is 14.5. The van der Waals surface area contributed by atoms with Gasteiger partial charge in [-0.1, -0.05) is 130 Å². The molecular weight excluding hydrogens is 907 g/mol. The number of esters is 2. The summed E-state index contributed by atoms with van der Waals surface area (Å²) in [6, 6.07) is -0.236. The van der Waals surface area contributed by atoms with Gasteiger partial charge in [-0.05, 0) is 87.4 Å². The van der Waals surface area contributed by atoms with Crippen molar-refractivity contribution in [2.24, 2.45) is 17.8 Å². The van der Waals surface area contributed by atoms with Crippen molar-refractivity contribution in [3.63, 3.8) is 0 Å². The van der Waals surface area contributed by atoms with Crippen LogP contribution in [-0.2, 0) is 47.5 Å². The largest absolute Gasteiger partial charge is 0.489 e. The molecule has 0 radical (unpaired) electrons. The van der Waals surface area contributed by atoms with Gasteiger partial charge in [-0.3, -0.25) is 9.59 Å². The Hall–Kier alpha value is -1.88. The lowest BCUT2D eigenvalue weighted by Gasteiger charge is -2.49. The van der Waals surface area contributed by atoms with Crippen LogP contribution in [0.15, 0.2) is 11.3 Å². The van der Waals surface area contributed by atoms with Crippen molar-refractivity contribution in [3.05, 3.63) is 11.3 Å². The number of carbonyl (C=O) groups is 2. The lowest BCUT2D eigenvalue weighted by molar-refractivity contribution is -0.317. The topological polar surface area (TPSA) is 172 Å². The minimum absolute atomic E-state index is 0.158. The molecule has 2 bridgehead atoms. The number of aliphatic hydroxyl groups excluding tert-OH is 2. The van der Waals surface area contributed by atoms with Crippen molar-refractivity contribution in [1.82, 2.24) is 4.90 Å². The summed E-state index contributed by atoms with van der Waals surface area (Å²) in [5, 5.41) is 35.0. The van der Waals surface area contributed by atoms with E-state index >= 15 is 0 Å². The van der Waals surface area contributed by atoms with E-state index in [1.807, 2.05) is 41.8 Å². The second-order valence-corrected chi connectivity index (χ2v) is 23.2. The molecular formula is C57H103NO13. The van der Waals surface area contributed by atoms with Crippen LogP contribution < -0.4 is 0 Å². The molecule has 414 valence electrons. The van der Waals surface area contributed by atoms with Gasteiger partial charge in [0, 0.05) is 38.2 Å². The third-order valence-corrected chi connectivity index (χ3v) is 16.7. The van der Waals surface area contributed by atoms with Gasteiger partial charge < -0.3 is 58.1 Å². The summed E-state index contributed by atoms with van der Waals surface area (Å²) in [5.74, 6) is -2.73. The Morgan fingerprint density at radius 1 is 0.761 bits per heavy atom. The zero-order valence-corrected chi connectivity index (χ0v) is 47.0. The predicted octanol–water partition coefficient (Wildman–Crippen LogP) is 10.5. The summed E-state index contributed by atoms with van der Waals surface area (Å²) in [4.78, 5) is 30.4. The molecule has 0 aromatic carbocycles. The molecule has 0 amide bonds. The highest BCUT2D eigenvalue weighted by molar-refractivity contribution is 5.73. The molecule has 14 heteroatoms. The van der Waals surface area contributed by atoms with Crippen LogP contribution in [0.5, 0.6) is 0 Å². The number of rotatable bonds is 26. The quantitative estimate of drug-likeness (QED) is 0.0552. The molecule has 0 aromatic heterocycles. The zero-order valence-electron chi connectivity index (χ0n) is 47.0. The van der Waals surface area contributed by atoms with E-state index in [1.54, 1.807) is 34.6 Å². The Labute approximate surface area is 430 Å². The van der Waals surface area contributed by atoms with Crippen molar-refractivity contribution in [2.75, 3.05) is 21.2 Å². The van der Waals surface area contributed by atoms with Gasteiger partial charge in [0.25, 0.3) is 0 Å². The summed E-state index contributed by atoms with van der Waals surface area (Å²) in [6.07, 6.45) is 14.2. The standard InChI is InChI=1S/C57H103NO13/c1-15-17-18-19-20-21-22-23-24-25-26-27-28-29-30-31-32-33-45(59)68-49-43(58(12)13)34-38(4)65-54(49)70-52-40(6)48(69-46-36-55(9,64-14)51(61)42(8)66-46)41(7)53(62)67-44(16-2)57(11,63)50(60)39(5)47-37(3)35-56(52,10)71-47/h38-44,46,48-52,54,60-61,63H,15-36H2,1-14H3/t38-,39+,40+,41-,42+,43+,44-,46+,48+,49-,50-,51+,52-,54+,55-,56-,57-/m1/s1. The molecule has 0 aromatic rings. The van der Waals surface area contributed by atoms with Gasteiger partial charge in [-0.2, -0.15) is 0 Å². The highest BCUT2D eigenvalue weighted by atomic mass is 16.7. The normalized spacial score (nSPS) is 38.3. The van der Waals surface area contributed by atoms with Crippen molar-refractivity contribution < 1.29 is 62.8 Å². The number of ether oxygens (including phenoxy) is 8. The number of unbranched alkanes of at least 4 members (excludes halogenated alkanes) is 16. The molecule has 3 saturated heterocycles. The van der Waals surface area contributed by atoms with Gasteiger partial charge in [-0.15, -0.1) is 0 Å². The third kappa shape index (κ3) is 16.8. The first-order valence-corrected chi connectivity index (χ1v) is 28.3. The van der Waals surface area contributed by atoms with Gasteiger partial charge in [-0.25, -0.2) is 0 Å². The first kappa shape index (κ1) is 61.7. The SMILES string of the molecule is CCCCCCCCCCCCCCCCCCCC(=O)O[C@H]1[C@H](O[C@@H]2[C@@H](C)[C@H](O[C@H]3C[C@@](C)(OC)[C@@H](O)[C@H](C)O3)[C@@H](C)C(=O)O[C@H](CC)[C@@](C)(O)[C@H](O)[C@@H](C)C3=C(C)C[C@@]2(C)O3)O[C@H](C)C[C@@H]1N(C)C. The van der Waals surface area contributed by atoms with E-state index in [0.29, 0.717) is 18.6 Å². The Bertz CT molecular complexity index is 1630. The Balaban J connectivity index is 1.53. The van der Waals surface area contributed by atoms with Crippen LogP contribution in [0.3, 0.4) is 0 Å². The second kappa shape index (κ2) is 28.9. The molecule has 4 heterocycles. The lowest BCUT2D eigenvalue weighted by atomic mass is 9.78. The van der Waals surface area contributed by atoms with Crippen molar-refractivity contribution >= 4 is 11.9 Å². The monoisotopic (exact) mass is 1010 g/mol. The maximum atomic E-state index is 14.5. The number of hydrogen-bond acceptors (Lipinski definition) is 14. The van der Waals surface area contributed by atoms with E-state index in [9.17, 15) is 24.9 Å². The van der Waals surface area contributed by atoms with E-state index < -0.39 is 95.8 Å². The van der Waals surface area contributed by atoms with Gasteiger partial charge in [0.1, 0.15) is 35.3 Å². The van der Waals surface area contributed by atoms with Crippen molar-refractivity contribution in [3.8, 4) is 0 Å². The summed E-state index contributed by atoms with van der Waals surface area (Å²) in [7, 11) is 5.48. The number of fused-ring (bicyclic) bond motifs is 2. The molecule has 0 unspecified atom stereocenters. The van der Waals surface area contributed by atoms with E-state index in [1.165, 1.54) is 104 Å². The fourth-order valence-electron chi connectivity index (χ4n) is 12.0. The number of nitrogens with zero attached hydrogens (tertiary/aromatic N) is 1. The minimum atomic E-state index is -1.85. The molecule has 14 nitrogen and oxygen atoms in total. The summed E-state index contributed by atoms with van der Waals surface area (Å²) < 4.78 is 52.6. The van der Waals surface area contributed by atoms with Gasteiger partial charge in [0.2, 0.25) is 0 Å². The highest BCUT2D eigenvalue weighted by Crippen LogP contribution is 2.48. The van der Waals surface area contributed by atoms with E-state index in [0.717, 1.165) is 24.8 Å². The molecule has 0 saturated carbocycles. The highest BCUT2D eigenvalue weighted by Gasteiger charge is 2.56. The van der Waals surface area contributed by atoms with Crippen molar-refractivity contribution in [1.29, 1.82) is 0 Å². The Kier molecular flexibility index (Phi) is 25.1. The smallest absolute Gasteiger partial charge is 0.311 e. The van der Waals surface area contributed by atoms with Gasteiger partial charge in [0.15, 0.2) is 18.7 Å². The fourth-order valence-corrected chi connectivity index (χ4v) is 12.0. The zero-order chi connectivity index (χ0) is 52.7. The number of likely N-dealkylation sites (N-methyl/N-ethyl adjacent to an activating group) is 1. The fraction of sp³-hybridized carbons (Fsp3) is 0.930. The number of cyclic esters (lactones) is 1. The molecule has 4 aliphatic rings. The Morgan fingerprint density at radius 2 is 1.31 bits per heavy atom. The number of carbonyl (C=O) groups excluding carboxylic acids is 2. The van der Waals surface area contributed by atoms with Crippen LogP contribution >= 0.6 is 0 Å². The van der Waals surface area contributed by atoms with E-state index in [-0.39, 0.29) is 37.4 Å². The van der Waals surface area contributed by atoms with Crippen LogP contribution in [0.2, 0.25) is 0 Å². The van der Waals surface area contributed by atoms with Gasteiger partial charge >= 0.3 is 11.9 Å². The Morgan fingerprint density at radius 3 is 1.83 bits per heavy atom. The molecule has 3 N–H and O–H groups in total.